The van der Waals surface area contributed by atoms with Crippen LogP contribution < -0.4 is 0 Å². The Bertz CT molecular complexity index is 1280. The monoisotopic (exact) mass is 500 g/mol. The van der Waals surface area contributed by atoms with Crippen molar-refractivity contribution in [1.29, 1.82) is 0 Å². The van der Waals surface area contributed by atoms with Crippen LogP contribution in [0.5, 0.6) is 0 Å². The number of aromatic carboxylic acids is 3. The maximum absolute atomic E-state index is 10.4. The molecule has 0 atom stereocenters. The molecular formula is C31H32O6. The summed E-state index contributed by atoms with van der Waals surface area (Å²) in [5.74, 6) is -2.61. The van der Waals surface area contributed by atoms with E-state index in [4.69, 9.17) is 15.3 Å². The standard InChI is InChI=1S/3C8H8O2.C7H8/c1-6-2-4-7(5-3-6)8(9)10;1-6-3-2-4-7(5-6)8(9)10;1-6-4-2-3-5-7(6)8(9)10;1-7-5-3-2-4-6-7/h3*2-5H,1H3,(H,9,10);2-6H,1H3. The van der Waals surface area contributed by atoms with E-state index in [1.807, 2.05) is 44.2 Å². The van der Waals surface area contributed by atoms with Crippen LogP contribution in [0.1, 0.15) is 53.3 Å². The summed E-state index contributed by atoms with van der Waals surface area (Å²) < 4.78 is 0. The second-order valence-electron chi connectivity index (χ2n) is 8.12. The van der Waals surface area contributed by atoms with Gasteiger partial charge in [-0.25, -0.2) is 14.4 Å². The van der Waals surface area contributed by atoms with Crippen molar-refractivity contribution in [2.75, 3.05) is 0 Å². The van der Waals surface area contributed by atoms with E-state index in [-0.39, 0.29) is 0 Å². The van der Waals surface area contributed by atoms with Gasteiger partial charge >= 0.3 is 17.9 Å². The Morgan fingerprint density at radius 2 is 0.946 bits per heavy atom. The lowest BCUT2D eigenvalue weighted by Crippen LogP contribution is -1.97. The second kappa shape index (κ2) is 16.1. The third kappa shape index (κ3) is 12.5. The van der Waals surface area contributed by atoms with Crippen molar-refractivity contribution in [2.45, 2.75) is 27.7 Å². The van der Waals surface area contributed by atoms with Gasteiger partial charge in [0.2, 0.25) is 0 Å². The molecule has 0 amide bonds. The molecule has 4 aromatic rings. The third-order valence-electron chi connectivity index (χ3n) is 4.88. The number of benzene rings is 4. The highest BCUT2D eigenvalue weighted by Gasteiger charge is 2.03. The fourth-order valence-electron chi connectivity index (χ4n) is 2.82. The molecule has 6 heteroatoms. The van der Waals surface area contributed by atoms with Crippen LogP contribution in [0.3, 0.4) is 0 Å². The van der Waals surface area contributed by atoms with Crippen LogP contribution in [-0.4, -0.2) is 33.2 Å². The average molecular weight is 501 g/mol. The summed E-state index contributed by atoms with van der Waals surface area (Å²) in [6.45, 7) is 7.65. The highest BCUT2D eigenvalue weighted by atomic mass is 16.4. The first-order valence-electron chi connectivity index (χ1n) is 11.4. The molecule has 6 nitrogen and oxygen atoms in total. The van der Waals surface area contributed by atoms with Crippen LogP contribution in [0.4, 0.5) is 0 Å². The van der Waals surface area contributed by atoms with E-state index in [0.29, 0.717) is 16.7 Å². The SMILES string of the molecule is Cc1ccc(C(=O)O)cc1.Cc1cccc(C(=O)O)c1.Cc1ccccc1.Cc1ccccc1C(=O)O. The Morgan fingerprint density at radius 3 is 1.32 bits per heavy atom. The van der Waals surface area contributed by atoms with Crippen molar-refractivity contribution in [1.82, 2.24) is 0 Å². The lowest BCUT2D eigenvalue weighted by Gasteiger charge is -1.96. The van der Waals surface area contributed by atoms with Crippen LogP contribution in [0, 0.1) is 27.7 Å². The third-order valence-corrected chi connectivity index (χ3v) is 4.88. The summed E-state index contributed by atoms with van der Waals surface area (Å²) >= 11 is 0. The van der Waals surface area contributed by atoms with E-state index < -0.39 is 17.9 Å². The van der Waals surface area contributed by atoms with Gasteiger partial charge in [0.1, 0.15) is 0 Å². The van der Waals surface area contributed by atoms with Gasteiger partial charge in [0, 0.05) is 0 Å². The first-order chi connectivity index (χ1) is 17.5. The first-order valence-corrected chi connectivity index (χ1v) is 11.4. The number of aryl methyl sites for hydroxylation is 4. The molecule has 0 aliphatic heterocycles. The summed E-state index contributed by atoms with van der Waals surface area (Å²) in [6.07, 6.45) is 0. The minimum absolute atomic E-state index is 0.339. The smallest absolute Gasteiger partial charge is 0.335 e. The summed E-state index contributed by atoms with van der Waals surface area (Å²) in [7, 11) is 0. The molecule has 0 saturated carbocycles. The Hall–Kier alpha value is -4.71. The molecule has 0 saturated heterocycles. The van der Waals surface area contributed by atoms with Crippen LogP contribution in [0.25, 0.3) is 0 Å². The van der Waals surface area contributed by atoms with Crippen molar-refractivity contribution in [3.63, 3.8) is 0 Å². The van der Waals surface area contributed by atoms with Gasteiger partial charge in [0.05, 0.1) is 16.7 Å². The zero-order chi connectivity index (χ0) is 27.8. The predicted molar refractivity (Wildman–Crippen MR) is 146 cm³/mol. The lowest BCUT2D eigenvalue weighted by atomic mass is 10.1. The van der Waals surface area contributed by atoms with E-state index in [9.17, 15) is 14.4 Å². The van der Waals surface area contributed by atoms with Gasteiger partial charge in [-0.2, -0.15) is 0 Å². The summed E-state index contributed by atoms with van der Waals surface area (Å²) in [6, 6.07) is 30.8. The molecule has 37 heavy (non-hydrogen) atoms. The molecule has 0 heterocycles. The minimum atomic E-state index is -0.875. The highest BCUT2D eigenvalue weighted by molar-refractivity contribution is 5.89. The molecule has 0 radical (unpaired) electrons. The molecule has 0 aliphatic rings. The minimum Gasteiger partial charge on any atom is -0.478 e. The van der Waals surface area contributed by atoms with E-state index in [2.05, 4.69) is 19.1 Å². The molecule has 3 N–H and O–H groups in total. The summed E-state index contributed by atoms with van der Waals surface area (Å²) in [5.41, 5.74) is 5.23. The lowest BCUT2D eigenvalue weighted by molar-refractivity contribution is 0.0685. The summed E-state index contributed by atoms with van der Waals surface area (Å²) in [5, 5.41) is 25.6. The molecule has 0 unspecified atom stereocenters. The maximum atomic E-state index is 10.4. The van der Waals surface area contributed by atoms with Gasteiger partial charge < -0.3 is 15.3 Å². The Balaban J connectivity index is 0.000000249. The van der Waals surface area contributed by atoms with E-state index in [1.165, 1.54) is 5.56 Å². The number of rotatable bonds is 3. The number of hydrogen-bond donors (Lipinski definition) is 3. The molecular weight excluding hydrogens is 468 g/mol. The maximum Gasteiger partial charge on any atom is 0.335 e. The first kappa shape index (κ1) is 30.3. The average Bonchev–Trinajstić information content (AvgIpc) is 2.86. The van der Waals surface area contributed by atoms with Crippen LogP contribution >= 0.6 is 0 Å². The van der Waals surface area contributed by atoms with Gasteiger partial charge in [-0.3, -0.25) is 0 Å². The predicted octanol–water partition coefficient (Wildman–Crippen LogP) is 7.07. The fourth-order valence-corrected chi connectivity index (χ4v) is 2.82. The molecule has 192 valence electrons. The normalized spacial score (nSPS) is 9.19. The van der Waals surface area contributed by atoms with E-state index in [0.717, 1.165) is 16.7 Å². The number of hydrogen-bond acceptors (Lipinski definition) is 3. The quantitative estimate of drug-likeness (QED) is 0.277. The van der Waals surface area contributed by atoms with E-state index in [1.54, 1.807) is 67.6 Å². The molecule has 4 rings (SSSR count). The highest BCUT2D eigenvalue weighted by Crippen LogP contribution is 2.06. The molecule has 0 aliphatic carbocycles. The largest absolute Gasteiger partial charge is 0.478 e. The fraction of sp³-hybridized carbons (Fsp3) is 0.129. The zero-order valence-electron chi connectivity index (χ0n) is 21.4. The van der Waals surface area contributed by atoms with Crippen molar-refractivity contribution in [3.8, 4) is 0 Å². The van der Waals surface area contributed by atoms with Crippen molar-refractivity contribution in [2.24, 2.45) is 0 Å². The van der Waals surface area contributed by atoms with Crippen LogP contribution in [-0.2, 0) is 0 Å². The van der Waals surface area contributed by atoms with Crippen LogP contribution in [0.15, 0.2) is 103 Å². The van der Waals surface area contributed by atoms with Gasteiger partial charge in [0.15, 0.2) is 0 Å². The Kier molecular flexibility index (Phi) is 13.2. The number of carboxylic acids is 3. The van der Waals surface area contributed by atoms with Crippen molar-refractivity contribution >= 4 is 17.9 Å². The van der Waals surface area contributed by atoms with E-state index >= 15 is 0 Å². The second-order valence-corrected chi connectivity index (χ2v) is 8.12. The zero-order valence-corrected chi connectivity index (χ0v) is 21.4. The molecule has 0 aromatic heterocycles. The molecule has 0 bridgehead atoms. The van der Waals surface area contributed by atoms with Gasteiger partial charge in [-0.15, -0.1) is 0 Å². The van der Waals surface area contributed by atoms with Crippen molar-refractivity contribution < 1.29 is 29.7 Å². The summed E-state index contributed by atoms with van der Waals surface area (Å²) in [4.78, 5) is 31.1. The topological polar surface area (TPSA) is 112 Å². The van der Waals surface area contributed by atoms with Crippen molar-refractivity contribution in [3.05, 3.63) is 142 Å². The van der Waals surface area contributed by atoms with Gasteiger partial charge in [-0.05, 0) is 63.6 Å². The Morgan fingerprint density at radius 1 is 0.459 bits per heavy atom. The van der Waals surface area contributed by atoms with Gasteiger partial charge in [-0.1, -0.05) is 89.5 Å². The Labute approximate surface area is 217 Å². The molecule has 4 aromatic carbocycles. The van der Waals surface area contributed by atoms with Crippen LogP contribution in [0.2, 0.25) is 0 Å². The number of carbonyl (C=O) groups is 3. The number of carboxylic acid groups (broad SMARTS) is 3. The molecule has 0 spiro atoms. The molecule has 0 fully saturated rings. The van der Waals surface area contributed by atoms with Gasteiger partial charge in [0.25, 0.3) is 0 Å².